The van der Waals surface area contributed by atoms with Gasteiger partial charge in [0.2, 0.25) is 0 Å². The first-order valence-electron chi connectivity index (χ1n) is 5.98. The highest BCUT2D eigenvalue weighted by atomic mass is 16.5. The fourth-order valence-corrected chi connectivity index (χ4v) is 2.01. The maximum atomic E-state index is 5.22. The maximum absolute atomic E-state index is 5.22. The SMILES string of the molecule is CCc1ccc(-c2ccc(OC)cc2C)cc1. The number of rotatable bonds is 3. The molecule has 0 fully saturated rings. The maximum Gasteiger partial charge on any atom is 0.119 e. The molecule has 0 saturated heterocycles. The highest BCUT2D eigenvalue weighted by Crippen LogP contribution is 2.27. The minimum Gasteiger partial charge on any atom is -0.497 e. The van der Waals surface area contributed by atoms with E-state index >= 15 is 0 Å². The van der Waals surface area contributed by atoms with Crippen LogP contribution in [0.2, 0.25) is 0 Å². The van der Waals surface area contributed by atoms with Gasteiger partial charge in [0.25, 0.3) is 0 Å². The van der Waals surface area contributed by atoms with Crippen molar-refractivity contribution >= 4 is 0 Å². The monoisotopic (exact) mass is 226 g/mol. The van der Waals surface area contributed by atoms with Gasteiger partial charge in [-0.05, 0) is 47.7 Å². The number of benzene rings is 2. The molecule has 1 nitrogen and oxygen atoms in total. The van der Waals surface area contributed by atoms with Gasteiger partial charge >= 0.3 is 0 Å². The molecule has 0 bridgehead atoms. The molecule has 0 aliphatic heterocycles. The van der Waals surface area contributed by atoms with Crippen LogP contribution in [0.15, 0.2) is 42.5 Å². The second-order valence-electron chi connectivity index (χ2n) is 4.23. The lowest BCUT2D eigenvalue weighted by atomic mass is 9.99. The van der Waals surface area contributed by atoms with E-state index in [1.807, 2.05) is 6.07 Å². The van der Waals surface area contributed by atoms with Crippen LogP contribution in [0, 0.1) is 6.92 Å². The van der Waals surface area contributed by atoms with Crippen LogP contribution in [-0.2, 0) is 6.42 Å². The van der Waals surface area contributed by atoms with Crippen molar-refractivity contribution in [1.82, 2.24) is 0 Å². The van der Waals surface area contributed by atoms with Crippen molar-refractivity contribution in [1.29, 1.82) is 0 Å². The lowest BCUT2D eigenvalue weighted by molar-refractivity contribution is 0.414. The zero-order chi connectivity index (χ0) is 12.3. The molecule has 0 heterocycles. The first-order chi connectivity index (χ1) is 8.24. The van der Waals surface area contributed by atoms with Crippen molar-refractivity contribution < 1.29 is 4.74 Å². The number of hydrogen-bond acceptors (Lipinski definition) is 1. The second-order valence-corrected chi connectivity index (χ2v) is 4.23. The summed E-state index contributed by atoms with van der Waals surface area (Å²) in [6.07, 6.45) is 1.09. The van der Waals surface area contributed by atoms with Crippen LogP contribution in [0.25, 0.3) is 11.1 Å². The molecule has 0 unspecified atom stereocenters. The smallest absolute Gasteiger partial charge is 0.119 e. The summed E-state index contributed by atoms with van der Waals surface area (Å²) in [5, 5.41) is 0. The van der Waals surface area contributed by atoms with E-state index in [1.165, 1.54) is 22.3 Å². The molecule has 2 rings (SSSR count). The Hall–Kier alpha value is -1.76. The molecule has 0 N–H and O–H groups in total. The van der Waals surface area contributed by atoms with Gasteiger partial charge in [0.15, 0.2) is 0 Å². The van der Waals surface area contributed by atoms with Crippen molar-refractivity contribution in [3.05, 3.63) is 53.6 Å². The van der Waals surface area contributed by atoms with Gasteiger partial charge in [-0.2, -0.15) is 0 Å². The van der Waals surface area contributed by atoms with Crippen LogP contribution in [-0.4, -0.2) is 7.11 Å². The Kier molecular flexibility index (Phi) is 3.48. The summed E-state index contributed by atoms with van der Waals surface area (Å²) in [5.41, 5.74) is 5.16. The molecule has 17 heavy (non-hydrogen) atoms. The predicted octanol–water partition coefficient (Wildman–Crippen LogP) is 4.23. The van der Waals surface area contributed by atoms with Gasteiger partial charge in [-0.25, -0.2) is 0 Å². The summed E-state index contributed by atoms with van der Waals surface area (Å²) >= 11 is 0. The van der Waals surface area contributed by atoms with E-state index in [0.29, 0.717) is 0 Å². The molecule has 0 radical (unpaired) electrons. The van der Waals surface area contributed by atoms with Crippen LogP contribution in [0.1, 0.15) is 18.1 Å². The van der Waals surface area contributed by atoms with Crippen LogP contribution < -0.4 is 4.74 Å². The Morgan fingerprint density at radius 3 is 2.24 bits per heavy atom. The van der Waals surface area contributed by atoms with E-state index < -0.39 is 0 Å². The van der Waals surface area contributed by atoms with Gasteiger partial charge in [-0.15, -0.1) is 0 Å². The van der Waals surface area contributed by atoms with Crippen molar-refractivity contribution in [2.45, 2.75) is 20.3 Å². The van der Waals surface area contributed by atoms with Gasteiger partial charge in [0.1, 0.15) is 5.75 Å². The lowest BCUT2D eigenvalue weighted by Crippen LogP contribution is -1.88. The molecular formula is C16H18O. The fraction of sp³-hybridized carbons (Fsp3) is 0.250. The molecule has 1 heteroatoms. The molecule has 0 atom stereocenters. The zero-order valence-electron chi connectivity index (χ0n) is 10.7. The van der Waals surface area contributed by atoms with E-state index in [1.54, 1.807) is 7.11 Å². The van der Waals surface area contributed by atoms with Crippen LogP contribution in [0.4, 0.5) is 0 Å². The normalized spacial score (nSPS) is 10.3. The Labute approximate surface area is 103 Å². The first kappa shape index (κ1) is 11.7. The first-order valence-corrected chi connectivity index (χ1v) is 5.98. The third kappa shape index (κ3) is 2.50. The second kappa shape index (κ2) is 5.05. The Balaban J connectivity index is 2.38. The van der Waals surface area contributed by atoms with Crippen molar-refractivity contribution in [3.8, 4) is 16.9 Å². The Morgan fingerprint density at radius 1 is 1.00 bits per heavy atom. The summed E-state index contributed by atoms with van der Waals surface area (Å²) in [4.78, 5) is 0. The quantitative estimate of drug-likeness (QED) is 0.761. The molecule has 0 saturated carbocycles. The highest BCUT2D eigenvalue weighted by Gasteiger charge is 2.03. The topological polar surface area (TPSA) is 9.23 Å². The predicted molar refractivity (Wildman–Crippen MR) is 72.5 cm³/mol. The van der Waals surface area contributed by atoms with Crippen molar-refractivity contribution in [2.24, 2.45) is 0 Å². The third-order valence-corrected chi connectivity index (χ3v) is 3.11. The molecule has 0 aliphatic rings. The average molecular weight is 226 g/mol. The summed E-state index contributed by atoms with van der Waals surface area (Å²) in [6.45, 7) is 4.29. The minimum atomic E-state index is 0.913. The van der Waals surface area contributed by atoms with E-state index in [-0.39, 0.29) is 0 Å². The average Bonchev–Trinajstić information content (AvgIpc) is 2.39. The Bertz CT molecular complexity index is 497. The van der Waals surface area contributed by atoms with Crippen LogP contribution >= 0.6 is 0 Å². The minimum absolute atomic E-state index is 0.913. The van der Waals surface area contributed by atoms with Crippen molar-refractivity contribution in [2.75, 3.05) is 7.11 Å². The zero-order valence-corrected chi connectivity index (χ0v) is 10.7. The van der Waals surface area contributed by atoms with E-state index in [9.17, 15) is 0 Å². The van der Waals surface area contributed by atoms with Gasteiger partial charge < -0.3 is 4.74 Å². The lowest BCUT2D eigenvalue weighted by Gasteiger charge is -2.09. The number of ether oxygens (including phenoxy) is 1. The van der Waals surface area contributed by atoms with E-state index in [2.05, 4.69) is 50.2 Å². The van der Waals surface area contributed by atoms with Crippen LogP contribution in [0.3, 0.4) is 0 Å². The highest BCUT2D eigenvalue weighted by molar-refractivity contribution is 5.68. The van der Waals surface area contributed by atoms with Gasteiger partial charge in [0.05, 0.1) is 7.11 Å². The molecule has 2 aromatic carbocycles. The summed E-state index contributed by atoms with van der Waals surface area (Å²) in [5.74, 6) is 0.913. The molecule has 0 amide bonds. The number of methoxy groups -OCH3 is 1. The van der Waals surface area contributed by atoms with Gasteiger partial charge in [0, 0.05) is 0 Å². The molecule has 88 valence electrons. The standard InChI is InChI=1S/C16H18O/c1-4-13-5-7-14(8-6-13)16-10-9-15(17-3)11-12(16)2/h5-11H,4H2,1-3H3. The van der Waals surface area contributed by atoms with Crippen LogP contribution in [0.5, 0.6) is 5.75 Å². The molecule has 0 aliphatic carbocycles. The van der Waals surface area contributed by atoms with E-state index in [4.69, 9.17) is 4.74 Å². The molecule has 2 aromatic rings. The van der Waals surface area contributed by atoms with Crippen molar-refractivity contribution in [3.63, 3.8) is 0 Å². The molecule has 0 spiro atoms. The summed E-state index contributed by atoms with van der Waals surface area (Å²) in [6, 6.07) is 15.0. The van der Waals surface area contributed by atoms with Gasteiger partial charge in [-0.3, -0.25) is 0 Å². The van der Waals surface area contributed by atoms with Gasteiger partial charge in [-0.1, -0.05) is 37.3 Å². The largest absolute Gasteiger partial charge is 0.497 e. The number of hydrogen-bond donors (Lipinski definition) is 0. The molecule has 0 aromatic heterocycles. The Morgan fingerprint density at radius 2 is 1.71 bits per heavy atom. The fourth-order valence-electron chi connectivity index (χ4n) is 2.01. The van der Waals surface area contributed by atoms with E-state index in [0.717, 1.165) is 12.2 Å². The molecular weight excluding hydrogens is 208 g/mol. The third-order valence-electron chi connectivity index (χ3n) is 3.11. The summed E-state index contributed by atoms with van der Waals surface area (Å²) < 4.78 is 5.22. The number of aryl methyl sites for hydroxylation is 2. The summed E-state index contributed by atoms with van der Waals surface area (Å²) in [7, 11) is 1.70.